The lowest BCUT2D eigenvalue weighted by Gasteiger charge is -2.17. The molecule has 0 amide bonds. The van der Waals surface area contributed by atoms with Crippen LogP contribution in [-0.4, -0.2) is 0 Å². The first-order chi connectivity index (χ1) is 10.1. The molecule has 0 saturated heterocycles. The Kier molecular flexibility index (Phi) is 4.16. The zero-order valence-corrected chi connectivity index (χ0v) is 14.8. The highest BCUT2D eigenvalue weighted by molar-refractivity contribution is 9.11. The highest BCUT2D eigenvalue weighted by Crippen LogP contribution is 2.32. The molecule has 3 heteroatoms. The first-order valence-electron chi connectivity index (χ1n) is 6.76. The Labute approximate surface area is 141 Å². The lowest BCUT2D eigenvalue weighted by Crippen LogP contribution is -2.12. The first kappa shape index (κ1) is 14.8. The molecule has 106 valence electrons. The molecule has 3 aromatic rings. The van der Waals surface area contributed by atoms with E-state index in [-0.39, 0.29) is 6.04 Å². The number of halogens is 2. The molecule has 0 aliphatic heterocycles. The smallest absolute Gasteiger partial charge is 0.0558 e. The summed E-state index contributed by atoms with van der Waals surface area (Å²) in [4.78, 5) is 0. The standard InChI is InChI=1S/C18H15Br2N/c1-11-8-12(10-13(19)9-11)18(21)16-6-7-17(20)15-5-3-2-4-14(15)16/h2-10,18H,21H2,1H3. The second kappa shape index (κ2) is 5.91. The van der Waals surface area contributed by atoms with Crippen molar-refractivity contribution in [1.29, 1.82) is 0 Å². The quantitative estimate of drug-likeness (QED) is 0.580. The molecule has 1 unspecified atom stereocenters. The van der Waals surface area contributed by atoms with Crippen molar-refractivity contribution in [3.05, 3.63) is 80.2 Å². The van der Waals surface area contributed by atoms with Crippen molar-refractivity contribution < 1.29 is 0 Å². The molecule has 0 spiro atoms. The Morgan fingerprint density at radius 3 is 2.33 bits per heavy atom. The van der Waals surface area contributed by atoms with Gasteiger partial charge in [0.1, 0.15) is 0 Å². The highest BCUT2D eigenvalue weighted by Gasteiger charge is 2.14. The van der Waals surface area contributed by atoms with Crippen LogP contribution < -0.4 is 5.73 Å². The fraction of sp³-hybridized carbons (Fsp3) is 0.111. The summed E-state index contributed by atoms with van der Waals surface area (Å²) in [5.74, 6) is 0. The van der Waals surface area contributed by atoms with Gasteiger partial charge >= 0.3 is 0 Å². The monoisotopic (exact) mass is 403 g/mol. The van der Waals surface area contributed by atoms with Gasteiger partial charge in [0.2, 0.25) is 0 Å². The van der Waals surface area contributed by atoms with Crippen LogP contribution in [-0.2, 0) is 0 Å². The Morgan fingerprint density at radius 1 is 0.905 bits per heavy atom. The molecule has 3 rings (SSSR count). The van der Waals surface area contributed by atoms with Crippen molar-refractivity contribution in [2.24, 2.45) is 5.73 Å². The molecular weight excluding hydrogens is 390 g/mol. The summed E-state index contributed by atoms with van der Waals surface area (Å²) in [5.41, 5.74) is 10.0. The number of aryl methyl sites for hydroxylation is 1. The number of hydrogen-bond donors (Lipinski definition) is 1. The molecule has 0 bridgehead atoms. The van der Waals surface area contributed by atoms with E-state index in [1.54, 1.807) is 0 Å². The van der Waals surface area contributed by atoms with E-state index in [1.807, 2.05) is 6.07 Å². The lowest BCUT2D eigenvalue weighted by molar-refractivity contribution is 0.877. The van der Waals surface area contributed by atoms with Gasteiger partial charge in [-0.05, 0) is 52.6 Å². The molecule has 0 aromatic heterocycles. The number of rotatable bonds is 2. The van der Waals surface area contributed by atoms with Gasteiger partial charge in [-0.15, -0.1) is 0 Å². The van der Waals surface area contributed by atoms with Crippen LogP contribution in [0.3, 0.4) is 0 Å². The van der Waals surface area contributed by atoms with Crippen LogP contribution in [0.5, 0.6) is 0 Å². The number of nitrogens with two attached hydrogens (primary N) is 1. The SMILES string of the molecule is Cc1cc(Br)cc(C(N)c2ccc(Br)c3ccccc23)c1. The average Bonchev–Trinajstić information content (AvgIpc) is 2.46. The third kappa shape index (κ3) is 2.91. The summed E-state index contributed by atoms with van der Waals surface area (Å²) >= 11 is 7.16. The van der Waals surface area contributed by atoms with Crippen LogP contribution >= 0.6 is 31.9 Å². The summed E-state index contributed by atoms with van der Waals surface area (Å²) in [6, 6.07) is 18.7. The number of fused-ring (bicyclic) bond motifs is 1. The summed E-state index contributed by atoms with van der Waals surface area (Å²) < 4.78 is 2.16. The Bertz CT molecular complexity index is 791. The van der Waals surface area contributed by atoms with E-state index >= 15 is 0 Å². The maximum atomic E-state index is 6.53. The van der Waals surface area contributed by atoms with Gasteiger partial charge in [-0.3, -0.25) is 0 Å². The van der Waals surface area contributed by atoms with Crippen molar-refractivity contribution in [3.8, 4) is 0 Å². The number of benzene rings is 3. The summed E-state index contributed by atoms with van der Waals surface area (Å²) in [5, 5.41) is 2.38. The topological polar surface area (TPSA) is 26.0 Å². The molecule has 2 N–H and O–H groups in total. The predicted octanol–water partition coefficient (Wildman–Crippen LogP) is 5.72. The van der Waals surface area contributed by atoms with E-state index in [1.165, 1.54) is 16.3 Å². The minimum Gasteiger partial charge on any atom is -0.320 e. The van der Waals surface area contributed by atoms with Gasteiger partial charge in [0.05, 0.1) is 6.04 Å². The lowest BCUT2D eigenvalue weighted by atomic mass is 9.94. The van der Waals surface area contributed by atoms with Crippen LogP contribution in [0.1, 0.15) is 22.7 Å². The minimum atomic E-state index is -0.140. The van der Waals surface area contributed by atoms with E-state index in [0.717, 1.165) is 20.1 Å². The van der Waals surface area contributed by atoms with Crippen molar-refractivity contribution in [1.82, 2.24) is 0 Å². The van der Waals surface area contributed by atoms with Gasteiger partial charge in [-0.1, -0.05) is 68.3 Å². The molecule has 1 atom stereocenters. The summed E-state index contributed by atoms with van der Waals surface area (Å²) in [6.07, 6.45) is 0. The normalized spacial score (nSPS) is 12.6. The van der Waals surface area contributed by atoms with Crippen LogP contribution in [0.4, 0.5) is 0 Å². The van der Waals surface area contributed by atoms with E-state index in [0.29, 0.717) is 0 Å². The van der Waals surface area contributed by atoms with Crippen molar-refractivity contribution in [2.45, 2.75) is 13.0 Å². The van der Waals surface area contributed by atoms with E-state index in [2.05, 4.69) is 87.3 Å². The fourth-order valence-corrected chi connectivity index (χ4v) is 3.78. The maximum absolute atomic E-state index is 6.53. The summed E-state index contributed by atoms with van der Waals surface area (Å²) in [7, 11) is 0. The van der Waals surface area contributed by atoms with Gasteiger partial charge in [-0.2, -0.15) is 0 Å². The van der Waals surface area contributed by atoms with E-state index in [4.69, 9.17) is 5.73 Å². The molecule has 0 fully saturated rings. The second-order valence-corrected chi connectivity index (χ2v) is 6.99. The first-order valence-corrected chi connectivity index (χ1v) is 8.34. The third-order valence-electron chi connectivity index (χ3n) is 3.66. The van der Waals surface area contributed by atoms with E-state index in [9.17, 15) is 0 Å². The van der Waals surface area contributed by atoms with Crippen LogP contribution in [0.2, 0.25) is 0 Å². The molecule has 3 aromatic carbocycles. The van der Waals surface area contributed by atoms with Crippen LogP contribution in [0.15, 0.2) is 63.5 Å². The maximum Gasteiger partial charge on any atom is 0.0558 e. The van der Waals surface area contributed by atoms with Gasteiger partial charge in [0.15, 0.2) is 0 Å². The van der Waals surface area contributed by atoms with Gasteiger partial charge in [0, 0.05) is 8.95 Å². The Morgan fingerprint density at radius 2 is 1.62 bits per heavy atom. The molecule has 1 nitrogen and oxygen atoms in total. The van der Waals surface area contributed by atoms with Crippen LogP contribution in [0.25, 0.3) is 10.8 Å². The largest absolute Gasteiger partial charge is 0.320 e. The van der Waals surface area contributed by atoms with Crippen molar-refractivity contribution in [2.75, 3.05) is 0 Å². The minimum absolute atomic E-state index is 0.140. The highest BCUT2D eigenvalue weighted by atomic mass is 79.9. The van der Waals surface area contributed by atoms with Gasteiger partial charge in [0.25, 0.3) is 0 Å². The molecule has 0 aliphatic rings. The zero-order chi connectivity index (χ0) is 15.0. The molecule has 21 heavy (non-hydrogen) atoms. The average molecular weight is 405 g/mol. The fourth-order valence-electron chi connectivity index (χ4n) is 2.68. The Hall–Kier alpha value is -1.16. The van der Waals surface area contributed by atoms with Crippen molar-refractivity contribution >= 4 is 42.6 Å². The van der Waals surface area contributed by atoms with Crippen molar-refractivity contribution in [3.63, 3.8) is 0 Å². The van der Waals surface area contributed by atoms with Gasteiger partial charge in [-0.25, -0.2) is 0 Å². The molecule has 0 radical (unpaired) electrons. The third-order valence-corrected chi connectivity index (χ3v) is 4.81. The second-order valence-electron chi connectivity index (χ2n) is 5.22. The molecule has 0 aliphatic carbocycles. The predicted molar refractivity (Wildman–Crippen MR) is 96.6 cm³/mol. The number of hydrogen-bond acceptors (Lipinski definition) is 1. The molecule has 0 saturated carbocycles. The molecule has 0 heterocycles. The van der Waals surface area contributed by atoms with E-state index < -0.39 is 0 Å². The Balaban J connectivity index is 2.18. The molecular formula is C18H15Br2N. The van der Waals surface area contributed by atoms with Gasteiger partial charge < -0.3 is 5.73 Å². The zero-order valence-electron chi connectivity index (χ0n) is 11.6. The van der Waals surface area contributed by atoms with Crippen LogP contribution in [0, 0.1) is 6.92 Å². The summed E-state index contributed by atoms with van der Waals surface area (Å²) in [6.45, 7) is 2.08.